The Morgan fingerprint density at radius 2 is 2.17 bits per heavy atom. The fraction of sp³-hybridized carbons (Fsp3) is 0.733. The molecule has 1 aliphatic carbocycles. The summed E-state index contributed by atoms with van der Waals surface area (Å²) in [5.74, 6) is 2.58. The van der Waals surface area contributed by atoms with Crippen LogP contribution in [0.5, 0.6) is 0 Å². The number of hydrogen-bond acceptors (Lipinski definition) is 2. The number of thiophene rings is 1. The van der Waals surface area contributed by atoms with Crippen LogP contribution in [0.4, 0.5) is 0 Å². The van der Waals surface area contributed by atoms with E-state index < -0.39 is 0 Å². The molecule has 1 aliphatic rings. The average molecular weight is 330 g/mol. The fourth-order valence-electron chi connectivity index (χ4n) is 3.10. The van der Waals surface area contributed by atoms with E-state index in [1.165, 1.54) is 28.6 Å². The van der Waals surface area contributed by atoms with E-state index in [1.54, 1.807) is 0 Å². The molecule has 1 aromatic rings. The molecule has 1 nitrogen and oxygen atoms in total. The van der Waals surface area contributed by atoms with Crippen molar-refractivity contribution in [3.8, 4) is 0 Å². The van der Waals surface area contributed by atoms with Gasteiger partial charge in [-0.3, -0.25) is 0 Å². The first kappa shape index (κ1) is 14.5. The van der Waals surface area contributed by atoms with Crippen molar-refractivity contribution in [2.75, 3.05) is 6.54 Å². The topological polar surface area (TPSA) is 12.0 Å². The second kappa shape index (κ2) is 6.53. The molecule has 0 spiro atoms. The van der Waals surface area contributed by atoms with Crippen molar-refractivity contribution in [3.05, 3.63) is 20.8 Å². The van der Waals surface area contributed by atoms with Crippen LogP contribution in [0.25, 0.3) is 0 Å². The monoisotopic (exact) mass is 329 g/mol. The van der Waals surface area contributed by atoms with Crippen LogP contribution in [0.15, 0.2) is 15.9 Å². The van der Waals surface area contributed by atoms with E-state index >= 15 is 0 Å². The van der Waals surface area contributed by atoms with E-state index in [-0.39, 0.29) is 0 Å². The summed E-state index contributed by atoms with van der Waals surface area (Å²) in [6.07, 6.45) is 4.13. The van der Waals surface area contributed by atoms with Crippen LogP contribution < -0.4 is 5.32 Å². The summed E-state index contributed by atoms with van der Waals surface area (Å²) >= 11 is 5.46. The Balaban J connectivity index is 2.10. The summed E-state index contributed by atoms with van der Waals surface area (Å²) in [5, 5.41) is 5.91. The van der Waals surface area contributed by atoms with Gasteiger partial charge in [-0.05, 0) is 59.1 Å². The summed E-state index contributed by atoms with van der Waals surface area (Å²) in [6, 6.07) is 2.85. The Labute approximate surface area is 123 Å². The van der Waals surface area contributed by atoms with Crippen LogP contribution in [0, 0.1) is 17.8 Å². The highest BCUT2D eigenvalue weighted by atomic mass is 79.9. The zero-order valence-corrected chi connectivity index (χ0v) is 14.0. The molecule has 0 aromatic carbocycles. The molecule has 1 N–H and O–H groups in total. The Bertz CT molecular complexity index is 376. The molecular weight excluding hydrogens is 306 g/mol. The normalized spacial score (nSPS) is 30.3. The molecule has 1 fully saturated rings. The summed E-state index contributed by atoms with van der Waals surface area (Å²) in [5.41, 5.74) is 0. The molecule has 2 rings (SSSR count). The van der Waals surface area contributed by atoms with Crippen molar-refractivity contribution >= 4 is 27.3 Å². The Morgan fingerprint density at radius 1 is 1.39 bits per heavy atom. The van der Waals surface area contributed by atoms with Gasteiger partial charge in [0, 0.05) is 20.8 Å². The van der Waals surface area contributed by atoms with Crippen LogP contribution in [-0.2, 0) is 0 Å². The van der Waals surface area contributed by atoms with Gasteiger partial charge in [-0.15, -0.1) is 11.3 Å². The Morgan fingerprint density at radius 3 is 2.72 bits per heavy atom. The zero-order valence-electron chi connectivity index (χ0n) is 11.6. The van der Waals surface area contributed by atoms with Crippen molar-refractivity contribution in [1.29, 1.82) is 0 Å². The van der Waals surface area contributed by atoms with E-state index in [2.05, 4.69) is 53.5 Å². The van der Waals surface area contributed by atoms with E-state index in [4.69, 9.17) is 0 Å². The van der Waals surface area contributed by atoms with Crippen LogP contribution in [0.2, 0.25) is 0 Å². The number of hydrogen-bond donors (Lipinski definition) is 1. The standard InChI is InChI=1S/C15H24BrNS/c1-4-17-15(14-8-13(16)9-18-14)12-6-5-10(2)11(3)7-12/h8-12,15,17H,4-7H2,1-3H3. The molecular formula is C15H24BrNS. The quantitative estimate of drug-likeness (QED) is 0.797. The fourth-order valence-corrected chi connectivity index (χ4v) is 4.72. The summed E-state index contributed by atoms with van der Waals surface area (Å²) in [7, 11) is 0. The first-order chi connectivity index (χ1) is 8.61. The molecule has 0 saturated heterocycles. The van der Waals surface area contributed by atoms with Crippen molar-refractivity contribution in [2.45, 2.75) is 46.1 Å². The van der Waals surface area contributed by atoms with Gasteiger partial charge in [0.05, 0.1) is 0 Å². The van der Waals surface area contributed by atoms with Crippen LogP contribution >= 0.6 is 27.3 Å². The van der Waals surface area contributed by atoms with E-state index in [0.717, 1.165) is 24.3 Å². The molecule has 1 saturated carbocycles. The first-order valence-corrected chi connectivity index (χ1v) is 8.76. The number of nitrogens with one attached hydrogen (secondary N) is 1. The summed E-state index contributed by atoms with van der Waals surface area (Å²) in [6.45, 7) is 8.10. The van der Waals surface area contributed by atoms with E-state index in [0.29, 0.717) is 6.04 Å². The molecule has 4 unspecified atom stereocenters. The van der Waals surface area contributed by atoms with Crippen molar-refractivity contribution < 1.29 is 0 Å². The van der Waals surface area contributed by atoms with Crippen molar-refractivity contribution in [2.24, 2.45) is 17.8 Å². The summed E-state index contributed by atoms with van der Waals surface area (Å²) in [4.78, 5) is 1.50. The average Bonchev–Trinajstić information content (AvgIpc) is 2.76. The first-order valence-electron chi connectivity index (χ1n) is 7.09. The molecule has 102 valence electrons. The minimum atomic E-state index is 0.557. The van der Waals surface area contributed by atoms with Gasteiger partial charge in [0.2, 0.25) is 0 Å². The SMILES string of the molecule is CCNC(c1cc(Br)cs1)C1CCC(C)C(C)C1. The largest absolute Gasteiger partial charge is 0.309 e. The second-order valence-corrected chi connectivity index (χ2v) is 7.59. The minimum Gasteiger partial charge on any atom is -0.309 e. The Kier molecular flexibility index (Phi) is 5.28. The smallest absolute Gasteiger partial charge is 0.0443 e. The maximum absolute atomic E-state index is 3.71. The molecule has 0 amide bonds. The van der Waals surface area contributed by atoms with Crippen molar-refractivity contribution in [3.63, 3.8) is 0 Å². The van der Waals surface area contributed by atoms with E-state index in [9.17, 15) is 0 Å². The molecule has 18 heavy (non-hydrogen) atoms. The van der Waals surface area contributed by atoms with Crippen LogP contribution in [-0.4, -0.2) is 6.54 Å². The lowest BCUT2D eigenvalue weighted by molar-refractivity contribution is 0.173. The maximum Gasteiger partial charge on any atom is 0.0443 e. The van der Waals surface area contributed by atoms with Gasteiger partial charge in [-0.1, -0.05) is 27.2 Å². The van der Waals surface area contributed by atoms with Gasteiger partial charge in [-0.2, -0.15) is 0 Å². The molecule has 4 atom stereocenters. The number of rotatable bonds is 4. The molecule has 1 heterocycles. The van der Waals surface area contributed by atoms with Gasteiger partial charge in [-0.25, -0.2) is 0 Å². The Hall–Kier alpha value is 0.140. The lowest BCUT2D eigenvalue weighted by Gasteiger charge is -2.36. The van der Waals surface area contributed by atoms with Crippen molar-refractivity contribution in [1.82, 2.24) is 5.32 Å². The molecule has 0 bridgehead atoms. The molecule has 0 aliphatic heterocycles. The lowest BCUT2D eigenvalue weighted by atomic mass is 9.73. The zero-order chi connectivity index (χ0) is 13.1. The van der Waals surface area contributed by atoms with Gasteiger partial charge in [0.1, 0.15) is 0 Å². The maximum atomic E-state index is 3.71. The highest BCUT2D eigenvalue weighted by molar-refractivity contribution is 9.10. The van der Waals surface area contributed by atoms with Crippen LogP contribution in [0.3, 0.4) is 0 Å². The van der Waals surface area contributed by atoms with Crippen LogP contribution in [0.1, 0.15) is 51.0 Å². The molecule has 0 radical (unpaired) electrons. The highest BCUT2D eigenvalue weighted by Gasteiger charge is 2.31. The van der Waals surface area contributed by atoms with Gasteiger partial charge in [0.25, 0.3) is 0 Å². The minimum absolute atomic E-state index is 0.557. The predicted octanol–water partition coefficient (Wildman–Crippen LogP) is 5.23. The third-order valence-corrected chi connectivity index (χ3v) is 6.21. The van der Waals surface area contributed by atoms with Gasteiger partial charge < -0.3 is 5.32 Å². The van der Waals surface area contributed by atoms with Gasteiger partial charge >= 0.3 is 0 Å². The summed E-state index contributed by atoms with van der Waals surface area (Å²) < 4.78 is 1.22. The van der Waals surface area contributed by atoms with E-state index in [1.807, 2.05) is 11.3 Å². The lowest BCUT2D eigenvalue weighted by Crippen LogP contribution is -2.32. The molecule has 3 heteroatoms. The third-order valence-electron chi connectivity index (χ3n) is 4.43. The highest BCUT2D eigenvalue weighted by Crippen LogP contribution is 2.41. The number of halogens is 1. The molecule has 1 aromatic heterocycles. The third kappa shape index (κ3) is 3.37. The predicted molar refractivity (Wildman–Crippen MR) is 84.1 cm³/mol. The van der Waals surface area contributed by atoms with Gasteiger partial charge in [0.15, 0.2) is 0 Å². The second-order valence-electron chi connectivity index (χ2n) is 5.73.